The predicted molar refractivity (Wildman–Crippen MR) is 68.1 cm³/mol. The lowest BCUT2D eigenvalue weighted by Gasteiger charge is -2.08. The van der Waals surface area contributed by atoms with Gasteiger partial charge in [-0.15, -0.1) is 0 Å². The molecule has 0 saturated heterocycles. The first-order chi connectivity index (χ1) is 8.45. The maximum absolute atomic E-state index is 11.2. The molecule has 0 unspecified atom stereocenters. The van der Waals surface area contributed by atoms with Crippen LogP contribution in [-0.4, -0.2) is 18.6 Å². The van der Waals surface area contributed by atoms with E-state index in [0.29, 0.717) is 17.9 Å². The first kappa shape index (κ1) is 12.4. The first-order valence-electron chi connectivity index (χ1n) is 5.10. The van der Waals surface area contributed by atoms with E-state index in [9.17, 15) is 8.42 Å². The summed E-state index contributed by atoms with van der Waals surface area (Å²) in [6, 6.07) is 6.18. The minimum Gasteiger partial charge on any atom is -0.399 e. The molecule has 8 heteroatoms. The highest BCUT2D eigenvalue weighted by molar-refractivity contribution is 7.89. The standard InChI is InChI=1S/C10H13N5O2S/c11-7-3-9(5-10(4-7)18(12,16)17)13-6-8-1-2-14-15-8/h1-5,13H,6,11H2,(H,14,15)(H2,12,16,17). The van der Waals surface area contributed by atoms with E-state index in [1.54, 1.807) is 18.3 Å². The number of hydrogen-bond acceptors (Lipinski definition) is 5. The van der Waals surface area contributed by atoms with Crippen molar-refractivity contribution in [2.24, 2.45) is 5.14 Å². The molecule has 2 rings (SSSR count). The quantitative estimate of drug-likeness (QED) is 0.590. The number of rotatable bonds is 4. The Morgan fingerprint density at radius 2 is 2.11 bits per heavy atom. The fourth-order valence-corrected chi connectivity index (χ4v) is 2.06. The molecular formula is C10H13N5O2S. The van der Waals surface area contributed by atoms with Crippen LogP contribution in [-0.2, 0) is 16.6 Å². The van der Waals surface area contributed by atoms with E-state index in [4.69, 9.17) is 10.9 Å². The lowest BCUT2D eigenvalue weighted by Crippen LogP contribution is -2.13. The van der Waals surface area contributed by atoms with E-state index in [0.717, 1.165) is 5.69 Å². The van der Waals surface area contributed by atoms with Crippen LogP contribution in [0.2, 0.25) is 0 Å². The van der Waals surface area contributed by atoms with Gasteiger partial charge in [0.1, 0.15) is 0 Å². The minimum absolute atomic E-state index is 0.0189. The van der Waals surface area contributed by atoms with Crippen LogP contribution in [0.3, 0.4) is 0 Å². The number of nitrogens with zero attached hydrogens (tertiary/aromatic N) is 1. The second kappa shape index (κ2) is 4.67. The number of hydrogen-bond donors (Lipinski definition) is 4. The molecule has 0 radical (unpaired) electrons. The van der Waals surface area contributed by atoms with E-state index in [1.165, 1.54) is 12.1 Å². The second-order valence-electron chi connectivity index (χ2n) is 3.77. The Balaban J connectivity index is 2.21. The molecule has 2 aromatic rings. The van der Waals surface area contributed by atoms with Crippen LogP contribution in [0.4, 0.5) is 11.4 Å². The van der Waals surface area contributed by atoms with Crippen molar-refractivity contribution in [1.29, 1.82) is 0 Å². The monoisotopic (exact) mass is 267 g/mol. The fourth-order valence-electron chi connectivity index (χ4n) is 1.47. The van der Waals surface area contributed by atoms with Crippen LogP contribution in [0.15, 0.2) is 35.4 Å². The third kappa shape index (κ3) is 2.99. The van der Waals surface area contributed by atoms with E-state index in [-0.39, 0.29) is 4.90 Å². The molecule has 0 fully saturated rings. The van der Waals surface area contributed by atoms with E-state index in [1.807, 2.05) is 0 Å². The topological polar surface area (TPSA) is 127 Å². The highest BCUT2D eigenvalue weighted by atomic mass is 32.2. The zero-order chi connectivity index (χ0) is 13.2. The van der Waals surface area contributed by atoms with Gasteiger partial charge in [-0.25, -0.2) is 13.6 Å². The van der Waals surface area contributed by atoms with Crippen LogP contribution in [0, 0.1) is 0 Å². The third-order valence-electron chi connectivity index (χ3n) is 2.30. The largest absolute Gasteiger partial charge is 0.399 e. The van der Waals surface area contributed by atoms with Crippen LogP contribution in [0.5, 0.6) is 0 Å². The van der Waals surface area contributed by atoms with Crippen molar-refractivity contribution in [1.82, 2.24) is 10.2 Å². The summed E-state index contributed by atoms with van der Waals surface area (Å²) >= 11 is 0. The molecule has 0 atom stereocenters. The Morgan fingerprint density at radius 1 is 1.33 bits per heavy atom. The van der Waals surface area contributed by atoms with Gasteiger partial charge in [-0.3, -0.25) is 5.10 Å². The molecule has 7 nitrogen and oxygen atoms in total. The smallest absolute Gasteiger partial charge is 0.238 e. The number of aromatic amines is 1. The number of H-pyrrole nitrogens is 1. The molecule has 18 heavy (non-hydrogen) atoms. The van der Waals surface area contributed by atoms with Crippen LogP contribution in [0.25, 0.3) is 0 Å². The maximum Gasteiger partial charge on any atom is 0.238 e. The number of aromatic nitrogens is 2. The van der Waals surface area contributed by atoms with Gasteiger partial charge >= 0.3 is 0 Å². The summed E-state index contributed by atoms with van der Waals surface area (Å²) in [7, 11) is -3.76. The number of benzene rings is 1. The lowest BCUT2D eigenvalue weighted by atomic mass is 10.2. The fraction of sp³-hybridized carbons (Fsp3) is 0.100. The highest BCUT2D eigenvalue weighted by Crippen LogP contribution is 2.19. The van der Waals surface area contributed by atoms with Crippen LogP contribution < -0.4 is 16.2 Å². The average Bonchev–Trinajstić information content (AvgIpc) is 2.77. The Kier molecular flexibility index (Phi) is 3.21. The van der Waals surface area contributed by atoms with Gasteiger partial charge in [-0.2, -0.15) is 5.10 Å². The van der Waals surface area contributed by atoms with Gasteiger partial charge in [0, 0.05) is 17.6 Å². The molecule has 6 N–H and O–H groups in total. The summed E-state index contributed by atoms with van der Waals surface area (Å²) in [5, 5.41) is 14.7. The third-order valence-corrected chi connectivity index (χ3v) is 3.19. The van der Waals surface area contributed by atoms with Gasteiger partial charge in [-0.05, 0) is 24.3 Å². The summed E-state index contributed by atoms with van der Waals surface area (Å²) in [6.45, 7) is 0.480. The van der Waals surface area contributed by atoms with E-state index < -0.39 is 10.0 Å². The summed E-state index contributed by atoms with van der Waals surface area (Å²) in [5.74, 6) is 0. The van der Waals surface area contributed by atoms with Gasteiger partial charge in [0.25, 0.3) is 0 Å². The summed E-state index contributed by atoms with van der Waals surface area (Å²) in [5.41, 5.74) is 7.40. The summed E-state index contributed by atoms with van der Waals surface area (Å²) in [6.07, 6.45) is 1.63. The van der Waals surface area contributed by atoms with E-state index >= 15 is 0 Å². The molecule has 0 aliphatic rings. The van der Waals surface area contributed by atoms with Crippen molar-refractivity contribution in [3.05, 3.63) is 36.2 Å². The molecule has 0 spiro atoms. The molecule has 1 aromatic heterocycles. The predicted octanol–water partition coefficient (Wildman–Crippen LogP) is 0.251. The zero-order valence-electron chi connectivity index (χ0n) is 9.42. The second-order valence-corrected chi connectivity index (χ2v) is 5.33. The Bertz CT molecular complexity index is 636. The Morgan fingerprint density at radius 3 is 2.72 bits per heavy atom. The average molecular weight is 267 g/mol. The summed E-state index contributed by atoms with van der Waals surface area (Å²) in [4.78, 5) is -0.0189. The normalized spacial score (nSPS) is 11.4. The zero-order valence-corrected chi connectivity index (χ0v) is 10.2. The van der Waals surface area contributed by atoms with Gasteiger partial charge in [0.05, 0.1) is 17.1 Å². The molecule has 0 amide bonds. The Hall–Kier alpha value is -2.06. The number of anilines is 2. The van der Waals surface area contributed by atoms with Crippen molar-refractivity contribution in [2.45, 2.75) is 11.4 Å². The number of sulfonamides is 1. The first-order valence-corrected chi connectivity index (χ1v) is 6.65. The SMILES string of the molecule is Nc1cc(NCc2ccn[nH]2)cc(S(N)(=O)=O)c1. The maximum atomic E-state index is 11.2. The van der Waals surface area contributed by atoms with Crippen molar-refractivity contribution < 1.29 is 8.42 Å². The van der Waals surface area contributed by atoms with Gasteiger partial charge < -0.3 is 11.1 Å². The van der Waals surface area contributed by atoms with Gasteiger partial charge in [0.15, 0.2) is 0 Å². The molecule has 0 saturated carbocycles. The van der Waals surface area contributed by atoms with Crippen LogP contribution in [0.1, 0.15) is 5.69 Å². The van der Waals surface area contributed by atoms with Gasteiger partial charge in [-0.1, -0.05) is 0 Å². The highest BCUT2D eigenvalue weighted by Gasteiger charge is 2.09. The molecule has 0 aliphatic heterocycles. The molecule has 96 valence electrons. The van der Waals surface area contributed by atoms with Gasteiger partial charge in [0.2, 0.25) is 10.0 Å². The number of primary sulfonamides is 1. The summed E-state index contributed by atoms with van der Waals surface area (Å²) < 4.78 is 22.5. The lowest BCUT2D eigenvalue weighted by molar-refractivity contribution is 0.598. The number of nitrogen functional groups attached to an aromatic ring is 1. The molecular weight excluding hydrogens is 254 g/mol. The van der Waals surface area contributed by atoms with E-state index in [2.05, 4.69) is 15.5 Å². The van der Waals surface area contributed by atoms with Crippen molar-refractivity contribution >= 4 is 21.4 Å². The van der Waals surface area contributed by atoms with Crippen molar-refractivity contribution in [2.75, 3.05) is 11.1 Å². The number of nitrogens with two attached hydrogens (primary N) is 2. The molecule has 1 heterocycles. The Labute approximate surface area is 104 Å². The van der Waals surface area contributed by atoms with Crippen molar-refractivity contribution in [3.63, 3.8) is 0 Å². The molecule has 0 bridgehead atoms. The van der Waals surface area contributed by atoms with Crippen molar-refractivity contribution in [3.8, 4) is 0 Å². The minimum atomic E-state index is -3.76. The molecule has 1 aromatic carbocycles. The number of nitrogens with one attached hydrogen (secondary N) is 2. The van der Waals surface area contributed by atoms with Crippen LogP contribution >= 0.6 is 0 Å². The molecule has 0 aliphatic carbocycles.